The Labute approximate surface area is 134 Å². The van der Waals surface area contributed by atoms with E-state index >= 15 is 0 Å². The van der Waals surface area contributed by atoms with Crippen molar-refractivity contribution in [1.82, 2.24) is 0 Å². The number of benzene rings is 1. The average molecular weight is 344 g/mol. The number of carbonyl (C=O) groups excluding carboxylic acids is 1. The van der Waals surface area contributed by atoms with Gasteiger partial charge in [0.2, 0.25) is 0 Å². The van der Waals surface area contributed by atoms with Crippen molar-refractivity contribution in [3.8, 4) is 0 Å². The van der Waals surface area contributed by atoms with Crippen LogP contribution in [0.25, 0.3) is 0 Å². The summed E-state index contributed by atoms with van der Waals surface area (Å²) in [5, 5.41) is 14.0. The number of nitrogens with one attached hydrogen (secondary N) is 1. The molecule has 0 spiro atoms. The molecule has 128 valence electrons. The molecule has 0 fully saturated rings. The lowest BCUT2D eigenvalue weighted by Crippen LogP contribution is -2.06. The number of nitrogens with zero attached hydrogens (tertiary/aromatic N) is 1. The number of hydrogen-bond donors (Lipinski definition) is 1. The van der Waals surface area contributed by atoms with E-state index in [1.54, 1.807) is 0 Å². The smallest absolute Gasteiger partial charge is 0.305 e. The zero-order valence-corrected chi connectivity index (χ0v) is 13.9. The van der Waals surface area contributed by atoms with E-state index in [1.807, 2.05) is 0 Å². The molecule has 0 unspecified atom stereocenters. The number of sulfone groups is 1. The summed E-state index contributed by atoms with van der Waals surface area (Å²) in [6.07, 6.45) is 3.53. The van der Waals surface area contributed by atoms with Gasteiger partial charge in [0.1, 0.15) is 5.69 Å². The van der Waals surface area contributed by atoms with Crippen molar-refractivity contribution in [1.29, 1.82) is 0 Å². The third kappa shape index (κ3) is 6.23. The predicted molar refractivity (Wildman–Crippen MR) is 85.2 cm³/mol. The molecule has 0 aliphatic carbocycles. The van der Waals surface area contributed by atoms with Crippen molar-refractivity contribution in [2.45, 2.75) is 30.6 Å². The summed E-state index contributed by atoms with van der Waals surface area (Å²) in [5.41, 5.74) is -0.00199. The Kier molecular flexibility index (Phi) is 6.95. The maximum absolute atomic E-state index is 11.5. The van der Waals surface area contributed by atoms with Gasteiger partial charge < -0.3 is 10.1 Å². The quantitative estimate of drug-likeness (QED) is 0.316. The Bertz CT molecular complexity index is 672. The highest BCUT2D eigenvalue weighted by Gasteiger charge is 2.18. The van der Waals surface area contributed by atoms with Crippen LogP contribution in [-0.4, -0.2) is 39.2 Å². The molecule has 0 aliphatic heterocycles. The first-order valence-corrected chi connectivity index (χ1v) is 8.94. The minimum atomic E-state index is -3.49. The van der Waals surface area contributed by atoms with Crippen LogP contribution in [0, 0.1) is 10.1 Å². The fourth-order valence-electron chi connectivity index (χ4n) is 1.94. The Morgan fingerprint density at radius 1 is 1.30 bits per heavy atom. The molecule has 0 heterocycles. The first-order chi connectivity index (χ1) is 10.8. The van der Waals surface area contributed by atoms with Crippen molar-refractivity contribution in [3.05, 3.63) is 28.3 Å². The van der Waals surface area contributed by atoms with Crippen molar-refractivity contribution in [2.24, 2.45) is 0 Å². The molecule has 0 aliphatic rings. The fourth-order valence-corrected chi connectivity index (χ4v) is 2.58. The zero-order valence-electron chi connectivity index (χ0n) is 13.1. The van der Waals surface area contributed by atoms with Gasteiger partial charge in [-0.15, -0.1) is 0 Å². The van der Waals surface area contributed by atoms with Crippen LogP contribution in [0.1, 0.15) is 25.7 Å². The Balaban J connectivity index is 2.60. The molecular weight excluding hydrogens is 324 g/mol. The normalized spacial score (nSPS) is 11.0. The van der Waals surface area contributed by atoms with Gasteiger partial charge in [-0.05, 0) is 25.0 Å². The summed E-state index contributed by atoms with van der Waals surface area (Å²) in [6.45, 7) is 0.486. The number of nitro groups is 1. The largest absolute Gasteiger partial charge is 0.469 e. The van der Waals surface area contributed by atoms with Crippen LogP contribution in [0.15, 0.2) is 23.1 Å². The summed E-state index contributed by atoms with van der Waals surface area (Å²) in [5.74, 6) is -0.259. The van der Waals surface area contributed by atoms with E-state index in [4.69, 9.17) is 0 Å². The van der Waals surface area contributed by atoms with Crippen molar-refractivity contribution < 1.29 is 22.9 Å². The van der Waals surface area contributed by atoms with E-state index in [1.165, 1.54) is 19.2 Å². The summed E-state index contributed by atoms with van der Waals surface area (Å²) >= 11 is 0. The molecule has 0 saturated heterocycles. The van der Waals surface area contributed by atoms with Crippen molar-refractivity contribution in [2.75, 3.05) is 25.2 Å². The van der Waals surface area contributed by atoms with Crippen LogP contribution in [-0.2, 0) is 19.4 Å². The van der Waals surface area contributed by atoms with E-state index in [0.29, 0.717) is 19.4 Å². The lowest BCUT2D eigenvalue weighted by Gasteiger charge is -2.08. The molecule has 0 atom stereocenters. The van der Waals surface area contributed by atoms with Gasteiger partial charge in [0, 0.05) is 25.3 Å². The third-order valence-corrected chi connectivity index (χ3v) is 4.31. The number of methoxy groups -OCH3 is 1. The molecule has 9 heteroatoms. The minimum Gasteiger partial charge on any atom is -0.469 e. The molecule has 23 heavy (non-hydrogen) atoms. The lowest BCUT2D eigenvalue weighted by molar-refractivity contribution is -0.384. The standard InChI is InChI=1S/C14H20N2O6S/c1-22-14(17)6-4-3-5-9-15-12-8-7-11(23(2,20)21)10-13(12)16(18)19/h7-8,10,15H,3-6,9H2,1-2H3. The molecule has 0 saturated carbocycles. The highest BCUT2D eigenvalue weighted by Crippen LogP contribution is 2.27. The number of ether oxygens (including phenoxy) is 1. The molecule has 0 amide bonds. The minimum absolute atomic E-state index is 0.0900. The Morgan fingerprint density at radius 2 is 2.00 bits per heavy atom. The molecule has 0 radical (unpaired) electrons. The van der Waals surface area contributed by atoms with Crippen LogP contribution in [0.5, 0.6) is 0 Å². The van der Waals surface area contributed by atoms with Gasteiger partial charge in [-0.3, -0.25) is 14.9 Å². The summed E-state index contributed by atoms with van der Waals surface area (Å²) < 4.78 is 27.4. The number of rotatable bonds is 9. The second-order valence-electron chi connectivity index (χ2n) is 5.02. The molecule has 8 nitrogen and oxygen atoms in total. The van der Waals surface area contributed by atoms with E-state index in [0.717, 1.165) is 25.2 Å². The Morgan fingerprint density at radius 3 is 2.57 bits per heavy atom. The molecule has 1 aromatic carbocycles. The fraction of sp³-hybridized carbons (Fsp3) is 0.500. The summed E-state index contributed by atoms with van der Waals surface area (Å²) in [4.78, 5) is 21.3. The van der Waals surface area contributed by atoms with E-state index < -0.39 is 14.8 Å². The van der Waals surface area contributed by atoms with E-state index in [-0.39, 0.29) is 22.2 Å². The summed E-state index contributed by atoms with van der Waals surface area (Å²) in [7, 11) is -2.16. The molecule has 0 aromatic heterocycles. The predicted octanol–water partition coefficient (Wildman–Crippen LogP) is 2.14. The highest BCUT2D eigenvalue weighted by molar-refractivity contribution is 7.90. The van der Waals surface area contributed by atoms with Crippen LogP contribution in [0.4, 0.5) is 11.4 Å². The maximum atomic E-state index is 11.5. The average Bonchev–Trinajstić information content (AvgIpc) is 2.49. The van der Waals surface area contributed by atoms with Gasteiger partial charge in [-0.25, -0.2) is 8.42 Å². The van der Waals surface area contributed by atoms with Gasteiger partial charge in [-0.1, -0.05) is 6.42 Å². The van der Waals surface area contributed by atoms with Crippen LogP contribution < -0.4 is 5.32 Å². The van der Waals surface area contributed by atoms with Crippen molar-refractivity contribution >= 4 is 27.2 Å². The molecule has 1 aromatic rings. The second kappa shape index (κ2) is 8.47. The number of unbranched alkanes of at least 4 members (excludes halogenated alkanes) is 2. The first-order valence-electron chi connectivity index (χ1n) is 7.05. The number of nitro benzene ring substituents is 1. The Hall–Kier alpha value is -2.16. The van der Waals surface area contributed by atoms with E-state index in [2.05, 4.69) is 10.1 Å². The lowest BCUT2D eigenvalue weighted by atomic mass is 10.2. The number of anilines is 1. The third-order valence-electron chi connectivity index (χ3n) is 3.19. The topological polar surface area (TPSA) is 116 Å². The van der Waals surface area contributed by atoms with Gasteiger partial charge in [0.25, 0.3) is 5.69 Å². The molecular formula is C14H20N2O6S. The first kappa shape index (κ1) is 18.9. The summed E-state index contributed by atoms with van der Waals surface area (Å²) in [6, 6.07) is 3.78. The van der Waals surface area contributed by atoms with E-state index in [9.17, 15) is 23.3 Å². The molecule has 0 bridgehead atoms. The second-order valence-corrected chi connectivity index (χ2v) is 7.04. The van der Waals surface area contributed by atoms with Gasteiger partial charge >= 0.3 is 5.97 Å². The van der Waals surface area contributed by atoms with Crippen LogP contribution in [0.2, 0.25) is 0 Å². The number of hydrogen-bond acceptors (Lipinski definition) is 7. The zero-order chi connectivity index (χ0) is 17.5. The SMILES string of the molecule is COC(=O)CCCCCNc1ccc(S(C)(=O)=O)cc1[N+](=O)[O-]. The number of esters is 1. The monoisotopic (exact) mass is 344 g/mol. The molecule has 1 rings (SSSR count). The maximum Gasteiger partial charge on any atom is 0.305 e. The molecule has 1 N–H and O–H groups in total. The van der Waals surface area contributed by atoms with Crippen LogP contribution >= 0.6 is 0 Å². The van der Waals surface area contributed by atoms with Crippen LogP contribution in [0.3, 0.4) is 0 Å². The van der Waals surface area contributed by atoms with Crippen molar-refractivity contribution in [3.63, 3.8) is 0 Å². The highest BCUT2D eigenvalue weighted by atomic mass is 32.2. The van der Waals surface area contributed by atoms with Gasteiger partial charge in [0.05, 0.1) is 16.9 Å². The van der Waals surface area contributed by atoms with Gasteiger partial charge in [0.15, 0.2) is 9.84 Å². The van der Waals surface area contributed by atoms with Gasteiger partial charge in [-0.2, -0.15) is 0 Å². The number of carbonyl (C=O) groups is 1.